The molecule has 5 heteroatoms. The van der Waals surface area contributed by atoms with Gasteiger partial charge in [-0.15, -0.1) is 0 Å². The molecule has 1 aromatic heterocycles. The number of nitrogens with two attached hydrogens (primary N) is 1. The number of rotatable bonds is 6. The van der Waals surface area contributed by atoms with Crippen molar-refractivity contribution in [2.75, 3.05) is 13.2 Å². The zero-order valence-corrected chi connectivity index (χ0v) is 18.3. The number of aromatic nitrogens is 1. The summed E-state index contributed by atoms with van der Waals surface area (Å²) in [6, 6.07) is 22.8. The van der Waals surface area contributed by atoms with Crippen LogP contribution in [0.3, 0.4) is 0 Å². The van der Waals surface area contributed by atoms with Gasteiger partial charge in [0, 0.05) is 33.5 Å². The smallest absolute Gasteiger partial charge is 0.161 e. The maximum Gasteiger partial charge on any atom is 0.161 e. The highest BCUT2D eigenvalue weighted by molar-refractivity contribution is 6.31. The Kier molecular flexibility index (Phi) is 5.58. The Morgan fingerprint density at radius 1 is 1.00 bits per heavy atom. The standard InChI is InChI=1S/C26H25ClN2O2/c1-2-30-24-15-17(11-12-23(24)31-16-18-7-3-5-9-21(18)27)25-26-20(13-14-28-25)19-8-4-6-10-22(19)29-26/h3-12,15,25,28-29H,2,13-14,16H2,1H3/p+1/t25-/m0/s1. The molecule has 5 rings (SSSR count). The number of para-hydroxylation sites is 1. The molecular weight excluding hydrogens is 408 g/mol. The van der Waals surface area contributed by atoms with Crippen molar-refractivity contribution in [2.24, 2.45) is 0 Å². The van der Waals surface area contributed by atoms with E-state index in [0.717, 1.165) is 30.0 Å². The fourth-order valence-corrected chi connectivity index (χ4v) is 4.64. The van der Waals surface area contributed by atoms with E-state index in [2.05, 4.69) is 46.7 Å². The predicted octanol–water partition coefficient (Wildman–Crippen LogP) is 5.01. The van der Waals surface area contributed by atoms with Crippen LogP contribution in [-0.4, -0.2) is 18.1 Å². The van der Waals surface area contributed by atoms with E-state index in [-0.39, 0.29) is 6.04 Å². The van der Waals surface area contributed by atoms with Gasteiger partial charge in [-0.2, -0.15) is 0 Å². The van der Waals surface area contributed by atoms with Crippen molar-refractivity contribution in [3.8, 4) is 11.5 Å². The monoisotopic (exact) mass is 433 g/mol. The Balaban J connectivity index is 1.46. The van der Waals surface area contributed by atoms with Crippen molar-refractivity contribution in [1.29, 1.82) is 0 Å². The number of benzene rings is 3. The van der Waals surface area contributed by atoms with Crippen LogP contribution in [0.25, 0.3) is 10.9 Å². The zero-order chi connectivity index (χ0) is 21.2. The second-order valence-corrected chi connectivity index (χ2v) is 8.24. The van der Waals surface area contributed by atoms with E-state index < -0.39 is 0 Å². The molecule has 0 amide bonds. The quantitative estimate of drug-likeness (QED) is 0.449. The molecule has 0 radical (unpaired) electrons. The second-order valence-electron chi connectivity index (χ2n) is 7.83. The largest absolute Gasteiger partial charge is 0.490 e. The highest BCUT2D eigenvalue weighted by Crippen LogP contribution is 2.35. The molecule has 2 heterocycles. The minimum atomic E-state index is 0.216. The molecule has 1 aliphatic heterocycles. The van der Waals surface area contributed by atoms with Gasteiger partial charge in [0.25, 0.3) is 0 Å². The van der Waals surface area contributed by atoms with Gasteiger partial charge in [-0.05, 0) is 42.8 Å². The number of ether oxygens (including phenoxy) is 2. The van der Waals surface area contributed by atoms with Gasteiger partial charge in [-0.3, -0.25) is 0 Å². The lowest BCUT2D eigenvalue weighted by molar-refractivity contribution is -0.690. The molecule has 3 aromatic carbocycles. The Labute approximate surface area is 187 Å². The molecule has 0 spiro atoms. The summed E-state index contributed by atoms with van der Waals surface area (Å²) in [5.74, 6) is 1.50. The van der Waals surface area contributed by atoms with E-state index >= 15 is 0 Å². The summed E-state index contributed by atoms with van der Waals surface area (Å²) in [5.41, 5.74) is 6.09. The summed E-state index contributed by atoms with van der Waals surface area (Å²) in [7, 11) is 0. The van der Waals surface area contributed by atoms with Gasteiger partial charge in [0.2, 0.25) is 0 Å². The lowest BCUT2D eigenvalue weighted by Gasteiger charge is -2.22. The molecule has 1 aliphatic rings. The van der Waals surface area contributed by atoms with E-state index in [4.69, 9.17) is 21.1 Å². The van der Waals surface area contributed by atoms with Crippen LogP contribution < -0.4 is 14.8 Å². The van der Waals surface area contributed by atoms with Crippen LogP contribution >= 0.6 is 11.6 Å². The average molecular weight is 434 g/mol. The SMILES string of the molecule is CCOc1cc([C@@H]2[NH2+]CCc3c2[nH]c2ccccc32)ccc1OCc1ccccc1Cl. The first-order chi connectivity index (χ1) is 15.2. The summed E-state index contributed by atoms with van der Waals surface area (Å²) in [5, 5.41) is 4.44. The fourth-order valence-electron chi connectivity index (χ4n) is 4.45. The molecule has 158 valence electrons. The lowest BCUT2D eigenvalue weighted by atomic mass is 9.94. The van der Waals surface area contributed by atoms with Crippen LogP contribution in [0.4, 0.5) is 0 Å². The van der Waals surface area contributed by atoms with E-state index in [1.165, 1.54) is 27.7 Å². The Morgan fingerprint density at radius 2 is 1.84 bits per heavy atom. The van der Waals surface area contributed by atoms with Gasteiger partial charge in [-0.1, -0.05) is 48.0 Å². The molecule has 4 aromatic rings. The van der Waals surface area contributed by atoms with E-state index in [1.54, 1.807) is 0 Å². The van der Waals surface area contributed by atoms with Crippen molar-refractivity contribution in [1.82, 2.24) is 4.98 Å². The summed E-state index contributed by atoms with van der Waals surface area (Å²) in [4.78, 5) is 3.67. The van der Waals surface area contributed by atoms with Crippen molar-refractivity contribution in [3.63, 3.8) is 0 Å². The molecule has 1 atom stereocenters. The van der Waals surface area contributed by atoms with Gasteiger partial charge < -0.3 is 19.8 Å². The Hall–Kier alpha value is -2.95. The highest BCUT2D eigenvalue weighted by Gasteiger charge is 2.29. The van der Waals surface area contributed by atoms with Crippen LogP contribution in [-0.2, 0) is 13.0 Å². The molecule has 4 nitrogen and oxygen atoms in total. The molecule has 31 heavy (non-hydrogen) atoms. The third-order valence-electron chi connectivity index (χ3n) is 5.92. The number of fused-ring (bicyclic) bond motifs is 3. The first-order valence-electron chi connectivity index (χ1n) is 10.8. The molecule has 0 fully saturated rings. The third kappa shape index (κ3) is 3.89. The first-order valence-corrected chi connectivity index (χ1v) is 11.2. The van der Waals surface area contributed by atoms with E-state index in [0.29, 0.717) is 18.2 Å². The summed E-state index contributed by atoms with van der Waals surface area (Å²) in [6.07, 6.45) is 1.08. The number of nitrogens with one attached hydrogen (secondary N) is 1. The number of hydrogen-bond acceptors (Lipinski definition) is 2. The van der Waals surface area contributed by atoms with Crippen LogP contribution in [0, 0.1) is 0 Å². The maximum absolute atomic E-state index is 6.28. The molecule has 0 saturated carbocycles. The zero-order valence-electron chi connectivity index (χ0n) is 17.5. The van der Waals surface area contributed by atoms with Crippen molar-refractivity contribution in [3.05, 3.63) is 94.1 Å². The van der Waals surface area contributed by atoms with E-state index in [9.17, 15) is 0 Å². The number of hydrogen-bond donors (Lipinski definition) is 2. The Morgan fingerprint density at radius 3 is 2.71 bits per heavy atom. The molecule has 0 saturated heterocycles. The average Bonchev–Trinajstić information content (AvgIpc) is 3.18. The summed E-state index contributed by atoms with van der Waals surface area (Å²) in [6.45, 7) is 4.04. The minimum Gasteiger partial charge on any atom is -0.490 e. The van der Waals surface area contributed by atoms with Crippen LogP contribution in [0.15, 0.2) is 66.7 Å². The minimum absolute atomic E-state index is 0.216. The fraction of sp³-hybridized carbons (Fsp3) is 0.231. The number of H-pyrrole nitrogens is 1. The topological polar surface area (TPSA) is 50.9 Å². The number of halogens is 1. The highest BCUT2D eigenvalue weighted by atomic mass is 35.5. The first kappa shape index (κ1) is 20.0. The molecule has 0 bridgehead atoms. The maximum atomic E-state index is 6.28. The van der Waals surface area contributed by atoms with Gasteiger partial charge in [0.1, 0.15) is 6.61 Å². The molecular formula is C26H26ClN2O2+. The van der Waals surface area contributed by atoms with Crippen molar-refractivity contribution >= 4 is 22.5 Å². The van der Waals surface area contributed by atoms with Crippen LogP contribution in [0.5, 0.6) is 11.5 Å². The van der Waals surface area contributed by atoms with Gasteiger partial charge >= 0.3 is 0 Å². The molecule has 3 N–H and O–H groups in total. The summed E-state index contributed by atoms with van der Waals surface area (Å²) >= 11 is 6.28. The van der Waals surface area contributed by atoms with Crippen LogP contribution in [0.2, 0.25) is 5.02 Å². The number of quaternary nitrogens is 1. The normalized spacial score (nSPS) is 15.6. The molecule has 0 aliphatic carbocycles. The van der Waals surface area contributed by atoms with E-state index in [1.807, 2.05) is 37.3 Å². The van der Waals surface area contributed by atoms with Crippen molar-refractivity contribution < 1.29 is 14.8 Å². The predicted molar refractivity (Wildman–Crippen MR) is 124 cm³/mol. The van der Waals surface area contributed by atoms with Gasteiger partial charge in [0.15, 0.2) is 17.5 Å². The van der Waals surface area contributed by atoms with Gasteiger partial charge in [0.05, 0.1) is 18.8 Å². The van der Waals surface area contributed by atoms with Crippen molar-refractivity contribution in [2.45, 2.75) is 26.0 Å². The van der Waals surface area contributed by atoms with Crippen LogP contribution in [0.1, 0.15) is 35.3 Å². The summed E-state index contributed by atoms with van der Waals surface area (Å²) < 4.78 is 12.0. The third-order valence-corrected chi connectivity index (χ3v) is 6.29. The molecule has 0 unspecified atom stereocenters. The lowest BCUT2D eigenvalue weighted by Crippen LogP contribution is -2.87. The van der Waals surface area contributed by atoms with Gasteiger partial charge in [-0.25, -0.2) is 0 Å². The number of aromatic amines is 1. The second kappa shape index (κ2) is 8.66. The Bertz CT molecular complexity index is 1220.